The maximum Gasteiger partial charge on any atom is 0.126 e. The van der Waals surface area contributed by atoms with Crippen LogP contribution in [0, 0.1) is 23.1 Å². The zero-order valence-corrected chi connectivity index (χ0v) is 10.00. The second kappa shape index (κ2) is 5.50. The van der Waals surface area contributed by atoms with Gasteiger partial charge in [-0.2, -0.15) is 5.26 Å². The highest BCUT2D eigenvalue weighted by molar-refractivity contribution is 5.51. The lowest BCUT2D eigenvalue weighted by molar-refractivity contribution is 0.558. The Balaban J connectivity index is 2.87. The molecule has 0 bridgehead atoms. The molecule has 0 saturated carbocycles. The van der Waals surface area contributed by atoms with Crippen LogP contribution in [0.1, 0.15) is 25.8 Å². The summed E-state index contributed by atoms with van der Waals surface area (Å²) >= 11 is 0. The van der Waals surface area contributed by atoms with Gasteiger partial charge in [-0.3, -0.25) is 0 Å². The summed E-state index contributed by atoms with van der Waals surface area (Å²) in [6, 6.07) is 6.39. The van der Waals surface area contributed by atoms with Gasteiger partial charge in [0.1, 0.15) is 5.82 Å². The van der Waals surface area contributed by atoms with E-state index in [0.717, 1.165) is 18.7 Å². The fraction of sp³-hybridized carbons (Fsp3) is 0.462. The zero-order chi connectivity index (χ0) is 12.1. The lowest BCUT2D eigenvalue weighted by atomic mass is 10.1. The summed E-state index contributed by atoms with van der Waals surface area (Å²) in [6.45, 7) is 5.15. The van der Waals surface area contributed by atoms with Crippen LogP contribution in [0.5, 0.6) is 0 Å². The third-order valence-electron chi connectivity index (χ3n) is 2.73. The molecular weight excluding hydrogens is 203 g/mol. The van der Waals surface area contributed by atoms with Gasteiger partial charge in [0, 0.05) is 19.3 Å². The van der Waals surface area contributed by atoms with E-state index in [-0.39, 0.29) is 5.82 Å². The second-order valence-electron chi connectivity index (χ2n) is 4.20. The van der Waals surface area contributed by atoms with Crippen LogP contribution in [0.15, 0.2) is 18.2 Å². The molecule has 1 atom stereocenters. The standard InChI is InChI=1S/C13H17FN2/c1-4-10(2)9-16(3)13-6-11(8-15)5-12(14)7-13/h5-7,10H,4,9H2,1-3H3. The third-order valence-corrected chi connectivity index (χ3v) is 2.73. The predicted molar refractivity (Wildman–Crippen MR) is 63.8 cm³/mol. The first kappa shape index (κ1) is 12.5. The van der Waals surface area contributed by atoms with E-state index >= 15 is 0 Å². The molecule has 1 aromatic carbocycles. The SMILES string of the molecule is CCC(C)CN(C)c1cc(F)cc(C#N)c1. The molecule has 0 aliphatic rings. The van der Waals surface area contributed by atoms with Gasteiger partial charge in [0.2, 0.25) is 0 Å². The van der Waals surface area contributed by atoms with E-state index in [4.69, 9.17) is 5.26 Å². The highest BCUT2D eigenvalue weighted by atomic mass is 19.1. The largest absolute Gasteiger partial charge is 0.374 e. The molecule has 86 valence electrons. The summed E-state index contributed by atoms with van der Waals surface area (Å²) in [5.41, 5.74) is 1.13. The van der Waals surface area contributed by atoms with Crippen molar-refractivity contribution in [3.05, 3.63) is 29.6 Å². The van der Waals surface area contributed by atoms with E-state index in [0.29, 0.717) is 11.5 Å². The van der Waals surface area contributed by atoms with Crippen molar-refractivity contribution in [2.45, 2.75) is 20.3 Å². The van der Waals surface area contributed by atoms with Crippen molar-refractivity contribution >= 4 is 5.69 Å². The van der Waals surface area contributed by atoms with Crippen LogP contribution in [-0.2, 0) is 0 Å². The number of hydrogen-bond donors (Lipinski definition) is 0. The number of hydrogen-bond acceptors (Lipinski definition) is 2. The van der Waals surface area contributed by atoms with Crippen LogP contribution in [0.4, 0.5) is 10.1 Å². The van der Waals surface area contributed by atoms with E-state index in [2.05, 4.69) is 13.8 Å². The minimum Gasteiger partial charge on any atom is -0.374 e. The van der Waals surface area contributed by atoms with Gasteiger partial charge in [-0.15, -0.1) is 0 Å². The van der Waals surface area contributed by atoms with Crippen LogP contribution >= 0.6 is 0 Å². The molecule has 3 heteroatoms. The second-order valence-corrected chi connectivity index (χ2v) is 4.20. The van der Waals surface area contributed by atoms with Crippen LogP contribution < -0.4 is 4.90 Å². The average Bonchev–Trinajstić information content (AvgIpc) is 2.27. The minimum absolute atomic E-state index is 0.356. The smallest absolute Gasteiger partial charge is 0.126 e. The number of benzene rings is 1. The predicted octanol–water partition coefficient (Wildman–Crippen LogP) is 3.18. The highest BCUT2D eigenvalue weighted by Crippen LogP contribution is 2.18. The molecule has 1 aromatic rings. The molecule has 0 N–H and O–H groups in total. The molecular formula is C13H17FN2. The molecule has 0 aliphatic heterocycles. The van der Waals surface area contributed by atoms with E-state index in [1.807, 2.05) is 18.0 Å². The molecule has 2 nitrogen and oxygen atoms in total. The summed E-state index contributed by atoms with van der Waals surface area (Å²) in [5.74, 6) is 0.198. The van der Waals surface area contributed by atoms with Crippen molar-refractivity contribution in [3.8, 4) is 6.07 Å². The van der Waals surface area contributed by atoms with Gasteiger partial charge >= 0.3 is 0 Å². The molecule has 1 rings (SSSR count). The maximum atomic E-state index is 13.2. The molecule has 0 radical (unpaired) electrons. The Kier molecular flexibility index (Phi) is 4.30. The van der Waals surface area contributed by atoms with E-state index in [1.54, 1.807) is 6.07 Å². The monoisotopic (exact) mass is 220 g/mol. The molecule has 1 unspecified atom stereocenters. The molecule has 0 heterocycles. The Bertz CT molecular complexity index is 395. The third kappa shape index (κ3) is 3.23. The van der Waals surface area contributed by atoms with Crippen molar-refractivity contribution in [1.82, 2.24) is 0 Å². The van der Waals surface area contributed by atoms with Crippen LogP contribution in [0.25, 0.3) is 0 Å². The summed E-state index contributed by atoms with van der Waals surface area (Å²) in [6.07, 6.45) is 1.09. The van der Waals surface area contributed by atoms with Crippen LogP contribution in [0.3, 0.4) is 0 Å². The van der Waals surface area contributed by atoms with Gasteiger partial charge in [0.25, 0.3) is 0 Å². The van der Waals surface area contributed by atoms with Crippen molar-refractivity contribution in [2.75, 3.05) is 18.5 Å². The Labute approximate surface area is 96.3 Å². The maximum absolute atomic E-state index is 13.2. The zero-order valence-electron chi connectivity index (χ0n) is 10.00. The van der Waals surface area contributed by atoms with Gasteiger partial charge in [-0.05, 0) is 24.1 Å². The molecule has 0 aliphatic carbocycles. The Hall–Kier alpha value is -1.56. The fourth-order valence-electron chi connectivity index (χ4n) is 1.56. The van der Waals surface area contributed by atoms with E-state index in [9.17, 15) is 4.39 Å². The topological polar surface area (TPSA) is 27.0 Å². The molecule has 0 amide bonds. The van der Waals surface area contributed by atoms with Crippen LogP contribution in [0.2, 0.25) is 0 Å². The first-order valence-corrected chi connectivity index (χ1v) is 5.48. The number of nitriles is 1. The molecule has 0 aromatic heterocycles. The van der Waals surface area contributed by atoms with Gasteiger partial charge in [-0.1, -0.05) is 20.3 Å². The Morgan fingerprint density at radius 3 is 2.69 bits per heavy atom. The Morgan fingerprint density at radius 1 is 1.44 bits per heavy atom. The van der Waals surface area contributed by atoms with Gasteiger partial charge < -0.3 is 4.90 Å². The van der Waals surface area contributed by atoms with E-state index in [1.165, 1.54) is 12.1 Å². The highest BCUT2D eigenvalue weighted by Gasteiger charge is 2.08. The van der Waals surface area contributed by atoms with Gasteiger partial charge in [0.15, 0.2) is 0 Å². The van der Waals surface area contributed by atoms with Gasteiger partial charge in [-0.25, -0.2) is 4.39 Å². The fourth-order valence-corrected chi connectivity index (χ4v) is 1.56. The summed E-state index contributed by atoms with van der Waals surface area (Å²) in [5, 5.41) is 8.76. The summed E-state index contributed by atoms with van der Waals surface area (Å²) in [7, 11) is 1.92. The van der Waals surface area contributed by atoms with Gasteiger partial charge in [0.05, 0.1) is 11.6 Å². The Morgan fingerprint density at radius 2 is 2.12 bits per heavy atom. The first-order chi connectivity index (χ1) is 7.56. The molecule has 0 fully saturated rings. The van der Waals surface area contributed by atoms with Crippen LogP contribution in [-0.4, -0.2) is 13.6 Å². The van der Waals surface area contributed by atoms with Crippen molar-refractivity contribution in [3.63, 3.8) is 0 Å². The average molecular weight is 220 g/mol. The van der Waals surface area contributed by atoms with Crippen molar-refractivity contribution in [1.29, 1.82) is 5.26 Å². The number of rotatable bonds is 4. The summed E-state index contributed by atoms with van der Waals surface area (Å²) in [4.78, 5) is 1.98. The lowest BCUT2D eigenvalue weighted by Gasteiger charge is -2.23. The lowest BCUT2D eigenvalue weighted by Crippen LogP contribution is -2.23. The summed E-state index contributed by atoms with van der Waals surface area (Å²) < 4.78 is 13.2. The molecule has 16 heavy (non-hydrogen) atoms. The number of halogens is 1. The number of anilines is 1. The quantitative estimate of drug-likeness (QED) is 0.779. The van der Waals surface area contributed by atoms with Crippen molar-refractivity contribution in [2.24, 2.45) is 5.92 Å². The number of nitrogens with zero attached hydrogens (tertiary/aromatic N) is 2. The first-order valence-electron chi connectivity index (χ1n) is 5.48. The normalized spacial score (nSPS) is 11.9. The molecule has 0 saturated heterocycles. The molecule has 0 spiro atoms. The minimum atomic E-state index is -0.356. The van der Waals surface area contributed by atoms with E-state index < -0.39 is 0 Å². The van der Waals surface area contributed by atoms with Crippen molar-refractivity contribution < 1.29 is 4.39 Å².